The van der Waals surface area contributed by atoms with E-state index in [-0.39, 0.29) is 23.9 Å². The molecule has 182 valence electrons. The predicted molar refractivity (Wildman–Crippen MR) is 135 cm³/mol. The summed E-state index contributed by atoms with van der Waals surface area (Å²) in [5.41, 5.74) is 3.16. The Morgan fingerprint density at radius 3 is 2.63 bits per heavy atom. The molecule has 3 aromatic rings. The fourth-order valence-corrected chi connectivity index (χ4v) is 5.93. The number of ether oxygens (including phenoxy) is 2. The lowest BCUT2D eigenvalue weighted by Crippen LogP contribution is -2.45. The quantitative estimate of drug-likeness (QED) is 0.527. The molecule has 2 heterocycles. The van der Waals surface area contributed by atoms with E-state index in [2.05, 4.69) is 16.4 Å². The van der Waals surface area contributed by atoms with E-state index in [4.69, 9.17) is 9.47 Å². The molecule has 0 radical (unpaired) electrons. The number of amides is 2. The summed E-state index contributed by atoms with van der Waals surface area (Å²) in [6.45, 7) is 4.38. The Labute approximate surface area is 209 Å². The molecule has 35 heavy (non-hydrogen) atoms. The Morgan fingerprint density at radius 2 is 1.89 bits per heavy atom. The van der Waals surface area contributed by atoms with Gasteiger partial charge >= 0.3 is 0 Å². The second-order valence-corrected chi connectivity index (χ2v) is 10.4. The van der Waals surface area contributed by atoms with Crippen LogP contribution in [-0.2, 0) is 0 Å². The number of hydrogen-bond acceptors (Lipinski definition) is 6. The number of rotatable bonds is 7. The van der Waals surface area contributed by atoms with Crippen molar-refractivity contribution in [2.24, 2.45) is 5.92 Å². The summed E-state index contributed by atoms with van der Waals surface area (Å²) < 4.78 is 10.6. The Morgan fingerprint density at radius 1 is 1.09 bits per heavy atom. The van der Waals surface area contributed by atoms with Crippen molar-refractivity contribution < 1.29 is 19.1 Å². The van der Waals surface area contributed by atoms with Gasteiger partial charge < -0.3 is 19.7 Å². The highest BCUT2D eigenvalue weighted by atomic mass is 32.1. The van der Waals surface area contributed by atoms with Crippen molar-refractivity contribution in [2.75, 3.05) is 20.8 Å². The number of benzene rings is 2. The number of methoxy groups -OCH3 is 2. The number of aromatic nitrogens is 1. The maximum Gasteiger partial charge on any atom is 0.274 e. The fraction of sp³-hybridized carbons (Fsp3) is 0.370. The van der Waals surface area contributed by atoms with Crippen LogP contribution in [0.25, 0.3) is 10.4 Å². The first-order chi connectivity index (χ1) is 16.9. The summed E-state index contributed by atoms with van der Waals surface area (Å²) in [6, 6.07) is 13.4. The molecule has 5 rings (SSSR count). The Kier molecular flexibility index (Phi) is 6.23. The Bertz CT molecular complexity index is 1290. The number of aryl methyl sites for hydroxylation is 2. The second-order valence-electron chi connectivity index (χ2n) is 9.22. The van der Waals surface area contributed by atoms with Crippen molar-refractivity contribution >= 4 is 23.2 Å². The van der Waals surface area contributed by atoms with Crippen molar-refractivity contribution in [3.05, 3.63) is 64.3 Å². The maximum absolute atomic E-state index is 13.8. The highest BCUT2D eigenvalue weighted by Gasteiger charge is 2.54. The van der Waals surface area contributed by atoms with E-state index >= 15 is 0 Å². The third-order valence-corrected chi connectivity index (χ3v) is 7.83. The van der Waals surface area contributed by atoms with Crippen LogP contribution in [0, 0.1) is 19.8 Å². The monoisotopic (exact) mass is 491 g/mol. The number of nitrogens with zero attached hydrogens (tertiary/aromatic N) is 2. The summed E-state index contributed by atoms with van der Waals surface area (Å²) >= 11 is 1.55. The number of likely N-dealkylation sites (tertiary alicyclic amines) is 1. The zero-order valence-electron chi connectivity index (χ0n) is 20.3. The second kappa shape index (κ2) is 9.34. The molecule has 2 aromatic carbocycles. The first kappa shape index (κ1) is 23.4. The molecule has 0 spiro atoms. The molecule has 2 fully saturated rings. The van der Waals surface area contributed by atoms with Gasteiger partial charge in [0.2, 0.25) is 0 Å². The number of fused-ring (bicyclic) bond motifs is 1. The molecule has 7 nitrogen and oxygen atoms in total. The molecule has 1 aliphatic carbocycles. The van der Waals surface area contributed by atoms with E-state index in [0.29, 0.717) is 35.2 Å². The van der Waals surface area contributed by atoms with Crippen LogP contribution in [0.15, 0.2) is 42.5 Å². The first-order valence-corrected chi connectivity index (χ1v) is 12.6. The van der Waals surface area contributed by atoms with E-state index in [9.17, 15) is 9.59 Å². The van der Waals surface area contributed by atoms with Crippen molar-refractivity contribution in [3.63, 3.8) is 0 Å². The summed E-state index contributed by atoms with van der Waals surface area (Å²) in [5.74, 6) is 1.33. The molecule has 3 atom stereocenters. The van der Waals surface area contributed by atoms with Crippen LogP contribution < -0.4 is 14.8 Å². The average Bonchev–Trinajstić information content (AvgIpc) is 3.35. The number of thiazole rings is 1. The van der Waals surface area contributed by atoms with E-state index in [0.717, 1.165) is 33.9 Å². The minimum atomic E-state index is -0.205. The van der Waals surface area contributed by atoms with E-state index in [1.54, 1.807) is 43.8 Å². The lowest BCUT2D eigenvalue weighted by atomic mass is 10.1. The van der Waals surface area contributed by atoms with Gasteiger partial charge in [-0.25, -0.2) is 4.98 Å². The molecule has 2 amide bonds. The lowest BCUT2D eigenvalue weighted by molar-refractivity contribution is 0.0684. The summed E-state index contributed by atoms with van der Waals surface area (Å²) in [4.78, 5) is 34.2. The standard InChI is InChI=1S/C27H29N3O4S/c1-15-6-5-7-17(10-15)25-24(29-16(2)35-25)27(32)30-20(11-19-12-21(19)30)14-28-26(31)18-8-9-22(33-3)23(13-18)34-4/h5-10,13,19-21H,11-12,14H2,1-4H3,(H,28,31)/t19-,20-,21-/m0/s1. The van der Waals surface area contributed by atoms with Gasteiger partial charge in [0.1, 0.15) is 5.69 Å². The molecule has 1 aliphatic heterocycles. The SMILES string of the molecule is COc1ccc(C(=O)NC[C@@H]2C[C@H]3C[C@@H]3N2C(=O)c2nc(C)sc2-c2cccc(C)c2)cc1OC. The van der Waals surface area contributed by atoms with Gasteiger partial charge in [-0.15, -0.1) is 11.3 Å². The Hall–Kier alpha value is -3.39. The number of hydrogen-bond donors (Lipinski definition) is 1. The first-order valence-electron chi connectivity index (χ1n) is 11.8. The van der Waals surface area contributed by atoms with Gasteiger partial charge in [0, 0.05) is 18.2 Å². The molecular weight excluding hydrogens is 462 g/mol. The molecule has 0 bridgehead atoms. The highest BCUT2D eigenvalue weighted by molar-refractivity contribution is 7.15. The van der Waals surface area contributed by atoms with Crippen molar-refractivity contribution in [1.29, 1.82) is 0 Å². The third-order valence-electron chi connectivity index (χ3n) is 6.81. The molecule has 1 N–H and O–H groups in total. The van der Waals surface area contributed by atoms with E-state index in [1.165, 1.54) is 0 Å². The van der Waals surface area contributed by atoms with Gasteiger partial charge in [0.25, 0.3) is 11.8 Å². The Balaban J connectivity index is 1.33. The van der Waals surface area contributed by atoms with Crippen molar-refractivity contribution in [2.45, 2.75) is 38.8 Å². The minimum Gasteiger partial charge on any atom is -0.493 e. The van der Waals surface area contributed by atoms with Gasteiger partial charge in [0.05, 0.1) is 30.1 Å². The predicted octanol–water partition coefficient (Wildman–Crippen LogP) is 4.48. The lowest BCUT2D eigenvalue weighted by Gasteiger charge is -2.27. The number of piperidine rings is 1. The molecule has 0 unspecified atom stereocenters. The summed E-state index contributed by atoms with van der Waals surface area (Å²) in [7, 11) is 3.10. The van der Waals surface area contributed by atoms with Crippen LogP contribution in [0.1, 0.15) is 44.3 Å². The van der Waals surface area contributed by atoms with Crippen LogP contribution in [0.3, 0.4) is 0 Å². The molecule has 1 aromatic heterocycles. The largest absolute Gasteiger partial charge is 0.493 e. The molecule has 2 aliphatic rings. The number of carbonyl (C=O) groups excluding carboxylic acids is 2. The highest BCUT2D eigenvalue weighted by Crippen LogP contribution is 2.48. The van der Waals surface area contributed by atoms with Crippen LogP contribution in [-0.4, -0.2) is 54.5 Å². The van der Waals surface area contributed by atoms with Gasteiger partial charge in [0.15, 0.2) is 11.5 Å². The van der Waals surface area contributed by atoms with Crippen LogP contribution in [0.2, 0.25) is 0 Å². The normalized spacial score (nSPS) is 20.3. The third kappa shape index (κ3) is 4.50. The molecule has 8 heteroatoms. The smallest absolute Gasteiger partial charge is 0.274 e. The van der Waals surface area contributed by atoms with Gasteiger partial charge in [-0.3, -0.25) is 9.59 Å². The maximum atomic E-state index is 13.8. The molecule has 1 saturated heterocycles. The zero-order chi connectivity index (χ0) is 24.7. The topological polar surface area (TPSA) is 80.8 Å². The van der Waals surface area contributed by atoms with Crippen molar-refractivity contribution in [1.82, 2.24) is 15.2 Å². The molecule has 1 saturated carbocycles. The fourth-order valence-electron chi connectivity index (χ4n) is 5.02. The number of carbonyl (C=O) groups is 2. The van der Waals surface area contributed by atoms with Gasteiger partial charge in [-0.05, 0) is 56.4 Å². The molecular formula is C27H29N3O4S. The van der Waals surface area contributed by atoms with Crippen LogP contribution in [0.5, 0.6) is 11.5 Å². The van der Waals surface area contributed by atoms with Gasteiger partial charge in [-0.2, -0.15) is 0 Å². The van der Waals surface area contributed by atoms with Crippen molar-refractivity contribution in [3.8, 4) is 21.9 Å². The summed E-state index contributed by atoms with van der Waals surface area (Å²) in [6.07, 6.45) is 1.92. The van der Waals surface area contributed by atoms with Crippen LogP contribution in [0.4, 0.5) is 0 Å². The average molecular weight is 492 g/mol. The van der Waals surface area contributed by atoms with Crippen LogP contribution >= 0.6 is 11.3 Å². The van der Waals surface area contributed by atoms with Gasteiger partial charge in [-0.1, -0.05) is 29.8 Å². The van der Waals surface area contributed by atoms with E-state index < -0.39 is 0 Å². The summed E-state index contributed by atoms with van der Waals surface area (Å²) in [5, 5.41) is 3.89. The zero-order valence-corrected chi connectivity index (χ0v) is 21.1. The minimum absolute atomic E-state index is 0.0405. The van der Waals surface area contributed by atoms with E-state index in [1.807, 2.05) is 36.9 Å². The number of nitrogens with one attached hydrogen (secondary N) is 1.